The molecule has 1 aromatic carbocycles. The molecule has 0 saturated heterocycles. The number of benzene rings is 1. The van der Waals surface area contributed by atoms with Crippen LogP contribution in [0.5, 0.6) is 5.75 Å². The molecule has 124 valence electrons. The zero-order chi connectivity index (χ0) is 16.7. The van der Waals surface area contributed by atoms with Gasteiger partial charge in [-0.15, -0.1) is 0 Å². The van der Waals surface area contributed by atoms with Crippen LogP contribution in [0.15, 0.2) is 34.3 Å². The predicted octanol–water partition coefficient (Wildman–Crippen LogP) is 3.95. The first-order chi connectivity index (χ1) is 11.1. The fourth-order valence-corrected chi connectivity index (χ4v) is 3.10. The number of allylic oxidation sites excluding steroid dienone is 1. The van der Waals surface area contributed by atoms with Gasteiger partial charge >= 0.3 is 0 Å². The number of carbonyl (C=O) groups is 1. The minimum Gasteiger partial charge on any atom is -0.496 e. The van der Waals surface area contributed by atoms with Crippen LogP contribution in [-0.4, -0.2) is 24.7 Å². The Hall–Kier alpha value is -1.40. The Kier molecular flexibility index (Phi) is 7.05. The van der Waals surface area contributed by atoms with Gasteiger partial charge in [-0.05, 0) is 62.5 Å². The van der Waals surface area contributed by atoms with Crippen molar-refractivity contribution in [1.82, 2.24) is 10.6 Å². The average molecular weight is 397 g/mol. The van der Waals surface area contributed by atoms with Crippen molar-refractivity contribution in [1.29, 1.82) is 0 Å². The van der Waals surface area contributed by atoms with Gasteiger partial charge in [-0.2, -0.15) is 0 Å². The lowest BCUT2D eigenvalue weighted by atomic mass is 9.97. The molecule has 0 aliphatic heterocycles. The lowest BCUT2D eigenvalue weighted by Gasteiger charge is -2.14. The zero-order valence-electron chi connectivity index (χ0n) is 13.2. The van der Waals surface area contributed by atoms with Gasteiger partial charge in [0.15, 0.2) is 5.11 Å². The van der Waals surface area contributed by atoms with E-state index in [1.807, 2.05) is 6.07 Å². The van der Waals surface area contributed by atoms with Crippen LogP contribution < -0.4 is 15.4 Å². The standard InChI is InChI=1S/C17H21BrN2O2S/c1-22-15-8-7-13(18)11-14(15)16(21)20-17(23)19-10-9-12-5-3-2-4-6-12/h5,7-8,11H,2-4,6,9-10H2,1H3,(H2,19,20,21,23). The summed E-state index contributed by atoms with van der Waals surface area (Å²) in [6.45, 7) is 0.737. The predicted molar refractivity (Wildman–Crippen MR) is 99.9 cm³/mol. The Morgan fingerprint density at radius 2 is 2.22 bits per heavy atom. The van der Waals surface area contributed by atoms with Crippen molar-refractivity contribution in [2.75, 3.05) is 13.7 Å². The minimum absolute atomic E-state index is 0.280. The number of ether oxygens (including phenoxy) is 1. The van der Waals surface area contributed by atoms with E-state index in [0.717, 1.165) is 17.4 Å². The Balaban J connectivity index is 1.84. The third-order valence-electron chi connectivity index (χ3n) is 3.75. The van der Waals surface area contributed by atoms with Gasteiger partial charge < -0.3 is 10.1 Å². The second-order valence-electron chi connectivity index (χ2n) is 5.41. The summed E-state index contributed by atoms with van der Waals surface area (Å²) in [6, 6.07) is 5.28. The monoisotopic (exact) mass is 396 g/mol. The summed E-state index contributed by atoms with van der Waals surface area (Å²) < 4.78 is 6.02. The third-order valence-corrected chi connectivity index (χ3v) is 4.49. The average Bonchev–Trinajstić information content (AvgIpc) is 2.55. The highest BCUT2D eigenvalue weighted by Crippen LogP contribution is 2.23. The summed E-state index contributed by atoms with van der Waals surface area (Å²) >= 11 is 8.55. The van der Waals surface area contributed by atoms with Gasteiger partial charge in [0.2, 0.25) is 0 Å². The Labute approximate surface area is 150 Å². The van der Waals surface area contributed by atoms with Crippen molar-refractivity contribution in [3.8, 4) is 5.75 Å². The molecule has 0 saturated carbocycles. The van der Waals surface area contributed by atoms with Crippen LogP contribution in [-0.2, 0) is 0 Å². The van der Waals surface area contributed by atoms with Crippen LogP contribution in [0.2, 0.25) is 0 Å². The highest BCUT2D eigenvalue weighted by atomic mass is 79.9. The van der Waals surface area contributed by atoms with Crippen LogP contribution in [0.4, 0.5) is 0 Å². The van der Waals surface area contributed by atoms with Crippen molar-refractivity contribution >= 4 is 39.2 Å². The van der Waals surface area contributed by atoms with E-state index in [-0.39, 0.29) is 5.91 Å². The van der Waals surface area contributed by atoms with Crippen molar-refractivity contribution in [2.24, 2.45) is 0 Å². The third kappa shape index (κ3) is 5.62. The van der Waals surface area contributed by atoms with Crippen molar-refractivity contribution in [3.05, 3.63) is 39.9 Å². The summed E-state index contributed by atoms with van der Waals surface area (Å²) in [7, 11) is 1.54. The maximum Gasteiger partial charge on any atom is 0.261 e. The Bertz CT molecular complexity index is 617. The van der Waals surface area contributed by atoms with E-state index in [4.69, 9.17) is 17.0 Å². The molecule has 0 fully saturated rings. The highest BCUT2D eigenvalue weighted by molar-refractivity contribution is 9.10. The molecule has 0 aromatic heterocycles. The summed E-state index contributed by atoms with van der Waals surface area (Å²) in [6.07, 6.45) is 8.21. The fraction of sp³-hybridized carbons (Fsp3) is 0.412. The molecule has 2 N–H and O–H groups in total. The number of methoxy groups -OCH3 is 1. The maximum absolute atomic E-state index is 12.3. The molecule has 23 heavy (non-hydrogen) atoms. The van der Waals surface area contributed by atoms with E-state index in [9.17, 15) is 4.79 Å². The summed E-state index contributed by atoms with van der Waals surface area (Å²) in [4.78, 5) is 12.3. The number of hydrogen-bond acceptors (Lipinski definition) is 3. The van der Waals surface area contributed by atoms with E-state index in [2.05, 4.69) is 32.6 Å². The van der Waals surface area contributed by atoms with Gasteiger partial charge in [-0.25, -0.2) is 0 Å². The molecule has 2 rings (SSSR count). The molecule has 0 unspecified atom stereocenters. The Morgan fingerprint density at radius 1 is 1.39 bits per heavy atom. The minimum atomic E-state index is -0.280. The lowest BCUT2D eigenvalue weighted by molar-refractivity contribution is 0.0973. The van der Waals surface area contributed by atoms with Crippen LogP contribution in [0.3, 0.4) is 0 Å². The second-order valence-corrected chi connectivity index (χ2v) is 6.74. The first-order valence-electron chi connectivity index (χ1n) is 7.71. The number of thiocarbonyl (C=S) groups is 1. The molecule has 0 spiro atoms. The van der Waals surface area contributed by atoms with Gasteiger partial charge in [0.1, 0.15) is 5.75 Å². The molecule has 0 heterocycles. The molecule has 0 atom stereocenters. The number of rotatable bonds is 5. The van der Waals surface area contributed by atoms with Gasteiger partial charge in [0.25, 0.3) is 5.91 Å². The summed E-state index contributed by atoms with van der Waals surface area (Å²) in [5.41, 5.74) is 1.92. The molecular formula is C17H21BrN2O2S. The van der Waals surface area contributed by atoms with E-state index in [1.165, 1.54) is 38.4 Å². The number of nitrogens with one attached hydrogen (secondary N) is 2. The van der Waals surface area contributed by atoms with Crippen molar-refractivity contribution in [3.63, 3.8) is 0 Å². The second kappa shape index (κ2) is 9.03. The number of amides is 1. The number of hydrogen-bond donors (Lipinski definition) is 2. The van der Waals surface area contributed by atoms with Crippen LogP contribution >= 0.6 is 28.1 Å². The number of carbonyl (C=O) groups excluding carboxylic acids is 1. The SMILES string of the molecule is COc1ccc(Br)cc1C(=O)NC(=S)NCCC1=CCCCC1. The molecule has 0 radical (unpaired) electrons. The molecule has 1 aromatic rings. The molecule has 1 aliphatic rings. The van der Waals surface area contributed by atoms with Crippen LogP contribution in [0, 0.1) is 0 Å². The lowest BCUT2D eigenvalue weighted by Crippen LogP contribution is -2.39. The maximum atomic E-state index is 12.3. The molecule has 6 heteroatoms. The molecule has 4 nitrogen and oxygen atoms in total. The number of halogens is 1. The van der Waals surface area contributed by atoms with E-state index in [1.54, 1.807) is 12.1 Å². The van der Waals surface area contributed by atoms with E-state index < -0.39 is 0 Å². The largest absolute Gasteiger partial charge is 0.496 e. The van der Waals surface area contributed by atoms with Crippen LogP contribution in [0.1, 0.15) is 42.5 Å². The van der Waals surface area contributed by atoms with Gasteiger partial charge in [-0.1, -0.05) is 27.6 Å². The van der Waals surface area contributed by atoms with Gasteiger partial charge in [0.05, 0.1) is 12.7 Å². The van der Waals surface area contributed by atoms with Crippen molar-refractivity contribution in [2.45, 2.75) is 32.1 Å². The first-order valence-corrected chi connectivity index (χ1v) is 8.91. The normalized spacial score (nSPS) is 13.9. The fourth-order valence-electron chi connectivity index (χ4n) is 2.54. The molecule has 1 amide bonds. The zero-order valence-corrected chi connectivity index (χ0v) is 15.6. The van der Waals surface area contributed by atoms with Crippen LogP contribution in [0.25, 0.3) is 0 Å². The van der Waals surface area contributed by atoms with E-state index in [0.29, 0.717) is 16.4 Å². The van der Waals surface area contributed by atoms with Gasteiger partial charge in [-0.3, -0.25) is 10.1 Å². The molecular weight excluding hydrogens is 376 g/mol. The topological polar surface area (TPSA) is 50.4 Å². The van der Waals surface area contributed by atoms with Gasteiger partial charge in [0, 0.05) is 11.0 Å². The summed E-state index contributed by atoms with van der Waals surface area (Å²) in [5, 5.41) is 6.13. The van der Waals surface area contributed by atoms with E-state index >= 15 is 0 Å². The highest BCUT2D eigenvalue weighted by Gasteiger charge is 2.14. The smallest absolute Gasteiger partial charge is 0.261 e. The Morgan fingerprint density at radius 3 is 2.91 bits per heavy atom. The van der Waals surface area contributed by atoms with Crippen molar-refractivity contribution < 1.29 is 9.53 Å². The molecule has 0 bridgehead atoms. The molecule has 1 aliphatic carbocycles. The summed E-state index contributed by atoms with van der Waals surface area (Å²) in [5.74, 6) is 0.235. The quantitative estimate of drug-likeness (QED) is 0.584. The first kappa shape index (κ1) is 17.9.